The highest BCUT2D eigenvalue weighted by Crippen LogP contribution is 2.31. The lowest BCUT2D eigenvalue weighted by molar-refractivity contribution is 0.687. The number of fused-ring (bicyclic) bond motifs is 1. The Morgan fingerprint density at radius 3 is 2.88 bits per heavy atom. The van der Waals surface area contributed by atoms with E-state index in [0.717, 1.165) is 23.8 Å². The molecule has 3 nitrogen and oxygen atoms in total. The molecule has 0 unspecified atom stereocenters. The molecule has 0 radical (unpaired) electrons. The maximum atomic E-state index is 5.95. The molecular weight excluding hydrogens is 254 g/mol. The summed E-state index contributed by atoms with van der Waals surface area (Å²) in [4.78, 5) is 0. The first-order valence-electron chi connectivity index (χ1n) is 5.70. The number of aromatic nitrogens is 2. The highest BCUT2D eigenvalue weighted by molar-refractivity contribution is 6.99. The van der Waals surface area contributed by atoms with Crippen LogP contribution in [0.2, 0.25) is 5.15 Å². The quantitative estimate of drug-likeness (QED) is 0.897. The van der Waals surface area contributed by atoms with Gasteiger partial charge in [-0.3, -0.25) is 0 Å². The number of hydrogen-bond donors (Lipinski definition) is 1. The fourth-order valence-corrected chi connectivity index (χ4v) is 2.92. The molecular formula is C12H12ClN3S. The van der Waals surface area contributed by atoms with Gasteiger partial charge in [-0.2, -0.15) is 8.75 Å². The number of nitrogens with one attached hydrogen (secondary N) is 1. The van der Waals surface area contributed by atoms with Crippen molar-refractivity contribution in [2.24, 2.45) is 0 Å². The first kappa shape index (κ1) is 11.0. The molecule has 0 aliphatic heterocycles. The highest BCUT2D eigenvalue weighted by Gasteiger charge is 2.14. The van der Waals surface area contributed by atoms with Crippen LogP contribution in [0.5, 0.6) is 0 Å². The van der Waals surface area contributed by atoms with Crippen LogP contribution in [-0.4, -0.2) is 8.75 Å². The summed E-state index contributed by atoms with van der Waals surface area (Å²) in [5, 5.41) is 3.73. The van der Waals surface area contributed by atoms with E-state index in [4.69, 9.17) is 11.6 Å². The molecule has 88 valence electrons. The van der Waals surface area contributed by atoms with Gasteiger partial charge in [0.2, 0.25) is 0 Å². The average molecular weight is 266 g/mol. The Balaban J connectivity index is 1.95. The number of nitrogens with zero attached hydrogens (tertiary/aromatic N) is 2. The molecule has 0 spiro atoms. The zero-order valence-electron chi connectivity index (χ0n) is 9.24. The zero-order chi connectivity index (χ0) is 11.7. The molecule has 0 atom stereocenters. The van der Waals surface area contributed by atoms with Crippen LogP contribution in [0.1, 0.15) is 24.0 Å². The summed E-state index contributed by atoms with van der Waals surface area (Å²) >= 11 is 7.08. The van der Waals surface area contributed by atoms with E-state index in [-0.39, 0.29) is 0 Å². The number of halogens is 1. The molecule has 0 saturated carbocycles. The summed E-state index contributed by atoms with van der Waals surface area (Å²) in [6.45, 7) is 0. The third kappa shape index (κ3) is 2.15. The minimum atomic E-state index is 0.448. The van der Waals surface area contributed by atoms with Crippen molar-refractivity contribution in [3.05, 3.63) is 34.5 Å². The topological polar surface area (TPSA) is 37.8 Å². The minimum Gasteiger partial charge on any atom is -0.337 e. The third-order valence-corrected chi connectivity index (χ3v) is 3.99. The van der Waals surface area contributed by atoms with Gasteiger partial charge in [-0.25, -0.2) is 0 Å². The number of rotatable bonds is 2. The maximum absolute atomic E-state index is 5.95. The zero-order valence-corrected chi connectivity index (χ0v) is 10.8. The van der Waals surface area contributed by atoms with E-state index in [1.165, 1.54) is 30.4 Å². The van der Waals surface area contributed by atoms with Crippen molar-refractivity contribution >= 4 is 34.8 Å². The summed E-state index contributed by atoms with van der Waals surface area (Å²) in [6, 6.07) is 6.38. The summed E-state index contributed by atoms with van der Waals surface area (Å²) in [5.74, 6) is 0.663. The highest BCUT2D eigenvalue weighted by atomic mass is 35.5. The predicted molar refractivity (Wildman–Crippen MR) is 71.3 cm³/mol. The van der Waals surface area contributed by atoms with Crippen molar-refractivity contribution in [1.29, 1.82) is 0 Å². The van der Waals surface area contributed by atoms with Crippen LogP contribution in [-0.2, 0) is 12.8 Å². The van der Waals surface area contributed by atoms with Crippen molar-refractivity contribution < 1.29 is 0 Å². The molecule has 1 aromatic heterocycles. The fourth-order valence-electron chi connectivity index (χ4n) is 2.28. The SMILES string of the molecule is Clc1nsnc1Nc1cccc2c1CCCC2. The molecule has 1 aliphatic rings. The molecule has 17 heavy (non-hydrogen) atoms. The molecule has 0 saturated heterocycles. The molecule has 0 amide bonds. The van der Waals surface area contributed by atoms with E-state index in [2.05, 4.69) is 32.3 Å². The van der Waals surface area contributed by atoms with Crippen molar-refractivity contribution in [3.63, 3.8) is 0 Å². The van der Waals surface area contributed by atoms with Gasteiger partial charge in [-0.1, -0.05) is 23.7 Å². The van der Waals surface area contributed by atoms with E-state index in [1.807, 2.05) is 0 Å². The Hall–Kier alpha value is -1.13. The number of aryl methyl sites for hydroxylation is 1. The Morgan fingerprint density at radius 2 is 2.06 bits per heavy atom. The summed E-state index contributed by atoms with van der Waals surface area (Å²) in [5.41, 5.74) is 3.97. The van der Waals surface area contributed by atoms with Crippen LogP contribution < -0.4 is 5.32 Å². The molecule has 1 heterocycles. The predicted octanol–water partition coefficient (Wildman–Crippen LogP) is 3.81. The Bertz CT molecular complexity index is 538. The van der Waals surface area contributed by atoms with Crippen LogP contribution >= 0.6 is 23.3 Å². The van der Waals surface area contributed by atoms with Crippen LogP contribution in [0.3, 0.4) is 0 Å². The molecule has 3 rings (SSSR count). The van der Waals surface area contributed by atoms with Gasteiger partial charge in [-0.05, 0) is 42.9 Å². The lowest BCUT2D eigenvalue weighted by Gasteiger charge is -2.19. The van der Waals surface area contributed by atoms with Gasteiger partial charge >= 0.3 is 0 Å². The Labute approximate surface area is 109 Å². The van der Waals surface area contributed by atoms with Gasteiger partial charge in [0, 0.05) is 5.69 Å². The first-order valence-corrected chi connectivity index (χ1v) is 6.81. The standard InChI is InChI=1S/C12H12ClN3S/c13-11-12(16-17-15-11)14-10-7-3-5-8-4-1-2-6-9(8)10/h3,5,7H,1-2,4,6H2,(H,14,16). The smallest absolute Gasteiger partial charge is 0.187 e. The van der Waals surface area contributed by atoms with E-state index in [0.29, 0.717) is 11.0 Å². The van der Waals surface area contributed by atoms with E-state index < -0.39 is 0 Å². The third-order valence-electron chi connectivity index (χ3n) is 3.10. The minimum absolute atomic E-state index is 0.448. The molecule has 5 heteroatoms. The Morgan fingerprint density at radius 1 is 1.18 bits per heavy atom. The number of anilines is 2. The second kappa shape index (κ2) is 4.63. The first-order chi connectivity index (χ1) is 8.34. The fraction of sp³-hybridized carbons (Fsp3) is 0.333. The lowest BCUT2D eigenvalue weighted by Crippen LogP contribution is -2.06. The van der Waals surface area contributed by atoms with Gasteiger partial charge < -0.3 is 5.32 Å². The van der Waals surface area contributed by atoms with Gasteiger partial charge in [0.05, 0.1) is 11.7 Å². The van der Waals surface area contributed by atoms with Gasteiger partial charge in [0.25, 0.3) is 0 Å². The van der Waals surface area contributed by atoms with Crippen LogP contribution in [0, 0.1) is 0 Å². The number of benzene rings is 1. The largest absolute Gasteiger partial charge is 0.337 e. The number of hydrogen-bond acceptors (Lipinski definition) is 4. The second-order valence-corrected chi connectivity index (χ2v) is 5.07. The van der Waals surface area contributed by atoms with Crippen LogP contribution in [0.4, 0.5) is 11.5 Å². The van der Waals surface area contributed by atoms with Gasteiger partial charge in [0.15, 0.2) is 11.0 Å². The normalized spacial score (nSPS) is 14.4. The summed E-state index contributed by atoms with van der Waals surface area (Å²) < 4.78 is 8.11. The molecule has 1 aliphatic carbocycles. The molecule has 0 fully saturated rings. The summed E-state index contributed by atoms with van der Waals surface area (Å²) in [7, 11) is 0. The Kier molecular flexibility index (Phi) is 2.99. The van der Waals surface area contributed by atoms with Gasteiger partial charge in [0.1, 0.15) is 0 Å². The van der Waals surface area contributed by atoms with Crippen molar-refractivity contribution in [2.45, 2.75) is 25.7 Å². The van der Waals surface area contributed by atoms with Crippen LogP contribution in [0.25, 0.3) is 0 Å². The molecule has 1 aromatic carbocycles. The maximum Gasteiger partial charge on any atom is 0.187 e. The van der Waals surface area contributed by atoms with E-state index >= 15 is 0 Å². The van der Waals surface area contributed by atoms with Crippen molar-refractivity contribution in [2.75, 3.05) is 5.32 Å². The van der Waals surface area contributed by atoms with E-state index in [1.54, 1.807) is 0 Å². The average Bonchev–Trinajstić information content (AvgIpc) is 2.76. The van der Waals surface area contributed by atoms with Gasteiger partial charge in [-0.15, -0.1) is 0 Å². The molecule has 0 bridgehead atoms. The monoisotopic (exact) mass is 265 g/mol. The van der Waals surface area contributed by atoms with Crippen molar-refractivity contribution in [1.82, 2.24) is 8.75 Å². The van der Waals surface area contributed by atoms with Crippen LogP contribution in [0.15, 0.2) is 18.2 Å². The lowest BCUT2D eigenvalue weighted by atomic mass is 9.90. The molecule has 2 aromatic rings. The van der Waals surface area contributed by atoms with Crippen molar-refractivity contribution in [3.8, 4) is 0 Å². The second-order valence-electron chi connectivity index (χ2n) is 4.18. The summed E-state index contributed by atoms with van der Waals surface area (Å²) in [6.07, 6.45) is 4.85. The van der Waals surface area contributed by atoms with E-state index in [9.17, 15) is 0 Å². The molecule has 1 N–H and O–H groups in total.